The fourth-order valence-corrected chi connectivity index (χ4v) is 2.18. The van der Waals surface area contributed by atoms with Gasteiger partial charge in [0.1, 0.15) is 5.82 Å². The Morgan fingerprint density at radius 1 is 1.11 bits per heavy atom. The Bertz CT molecular complexity index is 567. The molecule has 0 spiro atoms. The maximum Gasteiger partial charge on any atom is 0.259 e. The molecule has 1 aromatic heterocycles. The third-order valence-corrected chi connectivity index (χ3v) is 3.64. The molecule has 1 amide bonds. The van der Waals surface area contributed by atoms with E-state index in [1.165, 1.54) is 0 Å². The summed E-state index contributed by atoms with van der Waals surface area (Å²) in [6, 6.07) is 11.0. The van der Waals surface area contributed by atoms with E-state index in [2.05, 4.69) is 36.8 Å². The minimum Gasteiger partial charge on any atom is -0.293 e. The van der Waals surface area contributed by atoms with Gasteiger partial charge in [-0.2, -0.15) is 0 Å². The molecule has 19 heavy (non-hydrogen) atoms. The van der Waals surface area contributed by atoms with E-state index in [0.717, 1.165) is 8.95 Å². The molecule has 5 heteroatoms. The lowest BCUT2D eigenvalue weighted by atomic mass is 10.2. The fraction of sp³-hybridized carbons (Fsp3) is 0.143. The molecule has 2 rings (SSSR count). The van der Waals surface area contributed by atoms with Gasteiger partial charge in [0.25, 0.3) is 5.91 Å². The van der Waals surface area contributed by atoms with Crippen LogP contribution >= 0.6 is 31.9 Å². The molecule has 0 radical (unpaired) electrons. The van der Waals surface area contributed by atoms with Crippen molar-refractivity contribution in [1.29, 1.82) is 0 Å². The monoisotopic (exact) mass is 382 g/mol. The van der Waals surface area contributed by atoms with Gasteiger partial charge in [-0.1, -0.05) is 15.9 Å². The van der Waals surface area contributed by atoms with E-state index in [4.69, 9.17) is 0 Å². The minimum absolute atomic E-state index is 0.0511. The smallest absolute Gasteiger partial charge is 0.259 e. The molecule has 0 bridgehead atoms. The van der Waals surface area contributed by atoms with Crippen molar-refractivity contribution in [2.24, 2.45) is 0 Å². The number of aromatic nitrogens is 1. The second-order valence-corrected chi connectivity index (χ2v) is 5.72. The zero-order valence-corrected chi connectivity index (χ0v) is 13.5. The SMILES string of the molecule is CCN(C(=O)c1ccc(Br)cc1)c1ccc(Br)cn1. The number of rotatable bonds is 3. The number of carbonyl (C=O) groups excluding carboxylic acids is 1. The van der Waals surface area contributed by atoms with Gasteiger partial charge in [-0.25, -0.2) is 4.98 Å². The molecular formula is C14H12Br2N2O. The van der Waals surface area contributed by atoms with Crippen molar-refractivity contribution in [2.45, 2.75) is 6.92 Å². The summed E-state index contributed by atoms with van der Waals surface area (Å²) in [6.07, 6.45) is 1.69. The molecule has 0 N–H and O–H groups in total. The first kappa shape index (κ1) is 14.2. The van der Waals surface area contributed by atoms with Gasteiger partial charge < -0.3 is 0 Å². The quantitative estimate of drug-likeness (QED) is 0.792. The van der Waals surface area contributed by atoms with E-state index in [1.54, 1.807) is 23.2 Å². The maximum absolute atomic E-state index is 12.4. The largest absolute Gasteiger partial charge is 0.293 e. The lowest BCUT2D eigenvalue weighted by Gasteiger charge is -2.20. The first-order valence-corrected chi connectivity index (χ1v) is 7.39. The molecule has 98 valence electrons. The number of benzene rings is 1. The highest BCUT2D eigenvalue weighted by Gasteiger charge is 2.16. The van der Waals surface area contributed by atoms with E-state index in [9.17, 15) is 4.79 Å². The van der Waals surface area contributed by atoms with Crippen LogP contribution < -0.4 is 4.90 Å². The Balaban J connectivity index is 2.29. The summed E-state index contributed by atoms with van der Waals surface area (Å²) < 4.78 is 1.84. The van der Waals surface area contributed by atoms with E-state index in [0.29, 0.717) is 17.9 Å². The summed E-state index contributed by atoms with van der Waals surface area (Å²) in [5.74, 6) is 0.600. The van der Waals surface area contributed by atoms with Gasteiger partial charge in [-0.05, 0) is 59.3 Å². The lowest BCUT2D eigenvalue weighted by molar-refractivity contribution is 0.0987. The summed E-state index contributed by atoms with van der Waals surface area (Å²) in [5.41, 5.74) is 0.648. The standard InChI is InChI=1S/C14H12Br2N2O/c1-2-18(13-8-7-12(16)9-17-13)14(19)10-3-5-11(15)6-4-10/h3-9H,2H2,1H3. The number of amides is 1. The van der Waals surface area contributed by atoms with Crippen molar-refractivity contribution in [2.75, 3.05) is 11.4 Å². The summed E-state index contributed by atoms with van der Waals surface area (Å²) in [7, 11) is 0. The fourth-order valence-electron chi connectivity index (χ4n) is 1.69. The third-order valence-electron chi connectivity index (χ3n) is 2.64. The second-order valence-electron chi connectivity index (χ2n) is 3.89. The van der Waals surface area contributed by atoms with Crippen molar-refractivity contribution in [3.63, 3.8) is 0 Å². The number of carbonyl (C=O) groups is 1. The zero-order valence-electron chi connectivity index (χ0n) is 10.3. The highest BCUT2D eigenvalue weighted by atomic mass is 79.9. The molecule has 0 saturated heterocycles. The van der Waals surface area contributed by atoms with Crippen molar-refractivity contribution in [3.05, 3.63) is 57.1 Å². The van der Waals surface area contributed by atoms with Crippen molar-refractivity contribution >= 4 is 43.6 Å². The molecule has 0 unspecified atom stereocenters. The Morgan fingerprint density at radius 3 is 2.26 bits per heavy atom. The number of nitrogens with zero attached hydrogens (tertiary/aromatic N) is 2. The van der Waals surface area contributed by atoms with Gasteiger partial charge in [-0.3, -0.25) is 9.69 Å². The van der Waals surface area contributed by atoms with E-state index < -0.39 is 0 Å². The van der Waals surface area contributed by atoms with Gasteiger partial charge in [0.15, 0.2) is 0 Å². The van der Waals surface area contributed by atoms with Crippen LogP contribution in [0, 0.1) is 0 Å². The summed E-state index contributed by atoms with van der Waals surface area (Å²) >= 11 is 6.69. The Labute approximate surface area is 128 Å². The molecule has 3 nitrogen and oxygen atoms in total. The molecule has 2 aromatic rings. The first-order valence-electron chi connectivity index (χ1n) is 5.81. The Hall–Kier alpha value is -1.20. The Morgan fingerprint density at radius 2 is 1.74 bits per heavy atom. The summed E-state index contributed by atoms with van der Waals surface area (Å²) in [4.78, 5) is 18.3. The van der Waals surface area contributed by atoms with Crippen molar-refractivity contribution in [1.82, 2.24) is 4.98 Å². The molecule has 0 aliphatic rings. The van der Waals surface area contributed by atoms with Crippen molar-refractivity contribution < 1.29 is 4.79 Å². The van der Waals surface area contributed by atoms with Crippen LogP contribution in [0.15, 0.2) is 51.5 Å². The van der Waals surface area contributed by atoms with Gasteiger partial charge >= 0.3 is 0 Å². The van der Waals surface area contributed by atoms with Crippen LogP contribution in [0.1, 0.15) is 17.3 Å². The Kier molecular flexibility index (Phi) is 4.71. The molecule has 0 fully saturated rings. The van der Waals surface area contributed by atoms with Crippen LogP contribution in [-0.2, 0) is 0 Å². The normalized spacial score (nSPS) is 10.3. The van der Waals surface area contributed by atoms with E-state index >= 15 is 0 Å². The van der Waals surface area contributed by atoms with Crippen LogP contribution in [0.5, 0.6) is 0 Å². The van der Waals surface area contributed by atoms with Gasteiger partial charge in [0.05, 0.1) is 0 Å². The lowest BCUT2D eigenvalue weighted by Crippen LogP contribution is -2.31. The van der Waals surface area contributed by atoms with E-state index in [-0.39, 0.29) is 5.91 Å². The van der Waals surface area contributed by atoms with Crippen LogP contribution in [0.3, 0.4) is 0 Å². The predicted octanol–water partition coefficient (Wildman–Crippen LogP) is 4.27. The van der Waals surface area contributed by atoms with Crippen LogP contribution in [0.2, 0.25) is 0 Å². The van der Waals surface area contributed by atoms with Crippen LogP contribution in [0.4, 0.5) is 5.82 Å². The number of pyridine rings is 1. The third kappa shape index (κ3) is 3.42. The number of halogens is 2. The predicted molar refractivity (Wildman–Crippen MR) is 83.4 cm³/mol. The first-order chi connectivity index (χ1) is 9.11. The molecule has 0 aliphatic carbocycles. The number of anilines is 1. The van der Waals surface area contributed by atoms with E-state index in [1.807, 2.05) is 31.2 Å². The second kappa shape index (κ2) is 6.30. The summed E-state index contributed by atoms with van der Waals surface area (Å²) in [5, 5.41) is 0. The topological polar surface area (TPSA) is 33.2 Å². The van der Waals surface area contributed by atoms with Crippen molar-refractivity contribution in [3.8, 4) is 0 Å². The average Bonchev–Trinajstić information content (AvgIpc) is 2.42. The van der Waals surface area contributed by atoms with Gasteiger partial charge in [-0.15, -0.1) is 0 Å². The highest BCUT2D eigenvalue weighted by molar-refractivity contribution is 9.10. The highest BCUT2D eigenvalue weighted by Crippen LogP contribution is 2.18. The zero-order chi connectivity index (χ0) is 13.8. The minimum atomic E-state index is -0.0511. The molecule has 0 saturated carbocycles. The number of hydrogen-bond donors (Lipinski definition) is 0. The number of hydrogen-bond acceptors (Lipinski definition) is 2. The van der Waals surface area contributed by atoms with Gasteiger partial charge in [0.2, 0.25) is 0 Å². The molecule has 1 heterocycles. The summed E-state index contributed by atoms with van der Waals surface area (Å²) in [6.45, 7) is 2.50. The van der Waals surface area contributed by atoms with Gasteiger partial charge in [0, 0.05) is 27.3 Å². The molecule has 0 aliphatic heterocycles. The molecular weight excluding hydrogens is 372 g/mol. The molecule has 1 aromatic carbocycles. The molecule has 0 atom stereocenters. The average molecular weight is 384 g/mol. The maximum atomic E-state index is 12.4. The van der Waals surface area contributed by atoms with Crippen LogP contribution in [-0.4, -0.2) is 17.4 Å². The van der Waals surface area contributed by atoms with Crippen LogP contribution in [0.25, 0.3) is 0 Å².